The first-order valence-electron chi connectivity index (χ1n) is 15.0. The first-order valence-corrected chi connectivity index (χ1v) is 16.5. The summed E-state index contributed by atoms with van der Waals surface area (Å²) >= 11 is 0. The first-order chi connectivity index (χ1) is 22.1. The summed E-state index contributed by atoms with van der Waals surface area (Å²) in [6.45, 7) is 3.73. The molecule has 1 heterocycles. The molecule has 0 aliphatic heterocycles. The Bertz CT molecular complexity index is 2010. The normalized spacial score (nSPS) is 11.4. The van der Waals surface area contributed by atoms with Crippen LogP contribution in [0, 0.1) is 5.82 Å². The van der Waals surface area contributed by atoms with Crippen LogP contribution in [0.1, 0.15) is 69.3 Å². The predicted octanol–water partition coefficient (Wildman–Crippen LogP) is 6.49. The molecule has 0 bridgehead atoms. The van der Waals surface area contributed by atoms with E-state index in [1.165, 1.54) is 12.1 Å². The molecule has 0 saturated carbocycles. The van der Waals surface area contributed by atoms with Gasteiger partial charge in [-0.15, -0.1) is 0 Å². The second-order valence-electron chi connectivity index (χ2n) is 10.8. The summed E-state index contributed by atoms with van der Waals surface area (Å²) in [6.07, 6.45) is 1.74. The first kappa shape index (κ1) is 32.5. The zero-order valence-electron chi connectivity index (χ0n) is 25.6. The number of halogens is 1. The quantitative estimate of drug-likeness (QED) is 0.123. The van der Waals surface area contributed by atoms with E-state index >= 15 is 4.39 Å². The fraction of sp³-hybridized carbons (Fsp3) is 0.194. The molecule has 5 aromatic rings. The third-order valence-electron chi connectivity index (χ3n) is 7.66. The minimum Gasteiger partial charge on any atom is -0.456 e. The van der Waals surface area contributed by atoms with E-state index in [1.54, 1.807) is 83.4 Å². The fourth-order valence-corrected chi connectivity index (χ4v) is 6.16. The summed E-state index contributed by atoms with van der Waals surface area (Å²) in [4.78, 5) is 31.5. The van der Waals surface area contributed by atoms with Gasteiger partial charge in [-0.1, -0.05) is 98.8 Å². The SMILES string of the molecule is CCCc1nc(CC)c(C(=O)OCc2ccccc2C(=O)c2ccccc2)n1Cc1ccc(-c2ccccc2S(N)(=O)=O)cc1F. The molecule has 4 aromatic carbocycles. The van der Waals surface area contributed by atoms with Crippen LogP contribution in [0.5, 0.6) is 0 Å². The molecule has 236 valence electrons. The summed E-state index contributed by atoms with van der Waals surface area (Å²) in [5.41, 5.74) is 3.19. The molecule has 46 heavy (non-hydrogen) atoms. The van der Waals surface area contributed by atoms with Crippen LogP contribution in [-0.2, 0) is 40.8 Å². The van der Waals surface area contributed by atoms with Gasteiger partial charge >= 0.3 is 5.97 Å². The maximum Gasteiger partial charge on any atom is 0.357 e. The molecule has 0 spiro atoms. The summed E-state index contributed by atoms with van der Waals surface area (Å²) in [5.74, 6) is -0.771. The van der Waals surface area contributed by atoms with E-state index < -0.39 is 21.8 Å². The number of primary sulfonamides is 1. The lowest BCUT2D eigenvalue weighted by atomic mass is 9.99. The number of benzene rings is 4. The molecule has 5 rings (SSSR count). The average molecular weight is 640 g/mol. The van der Waals surface area contributed by atoms with Gasteiger partial charge in [-0.3, -0.25) is 4.79 Å². The third kappa shape index (κ3) is 6.98. The Morgan fingerprint density at radius 3 is 2.28 bits per heavy atom. The molecule has 2 N–H and O–H groups in total. The topological polar surface area (TPSA) is 121 Å². The van der Waals surface area contributed by atoms with Gasteiger partial charge in [0.05, 0.1) is 17.1 Å². The van der Waals surface area contributed by atoms with Gasteiger partial charge in [0.15, 0.2) is 11.5 Å². The van der Waals surface area contributed by atoms with Crippen LogP contribution in [0.4, 0.5) is 4.39 Å². The van der Waals surface area contributed by atoms with Crippen LogP contribution in [0.2, 0.25) is 0 Å². The summed E-state index contributed by atoms with van der Waals surface area (Å²) in [6, 6.07) is 26.4. The Hall–Kier alpha value is -4.93. The lowest BCUT2D eigenvalue weighted by molar-refractivity contribution is 0.0456. The number of sulfonamides is 1. The molecule has 0 aliphatic rings. The molecule has 8 nitrogen and oxygen atoms in total. The molecular formula is C36H34FN3O5S. The number of ketones is 1. The van der Waals surface area contributed by atoms with Crippen LogP contribution < -0.4 is 5.14 Å². The van der Waals surface area contributed by atoms with Crippen LogP contribution in [-0.4, -0.2) is 29.7 Å². The average Bonchev–Trinajstić information content (AvgIpc) is 3.41. The number of carbonyl (C=O) groups is 2. The number of aryl methyl sites for hydroxylation is 2. The highest BCUT2D eigenvalue weighted by Gasteiger charge is 2.25. The number of hydrogen-bond acceptors (Lipinski definition) is 6. The third-order valence-corrected chi connectivity index (χ3v) is 8.63. The summed E-state index contributed by atoms with van der Waals surface area (Å²) < 4.78 is 47.4. The largest absolute Gasteiger partial charge is 0.456 e. The number of aromatic nitrogens is 2. The van der Waals surface area contributed by atoms with Gasteiger partial charge in [-0.2, -0.15) is 0 Å². The zero-order valence-corrected chi connectivity index (χ0v) is 26.4. The van der Waals surface area contributed by atoms with Gasteiger partial charge in [0.1, 0.15) is 18.2 Å². The van der Waals surface area contributed by atoms with Crippen molar-refractivity contribution in [2.45, 2.75) is 51.2 Å². The number of nitrogens with two attached hydrogens (primary N) is 1. The van der Waals surface area contributed by atoms with E-state index in [-0.39, 0.29) is 40.7 Å². The molecule has 0 saturated heterocycles. The Morgan fingerprint density at radius 1 is 0.891 bits per heavy atom. The van der Waals surface area contributed by atoms with Gasteiger partial charge < -0.3 is 9.30 Å². The van der Waals surface area contributed by atoms with E-state index in [9.17, 15) is 18.0 Å². The second-order valence-corrected chi connectivity index (χ2v) is 12.3. The molecular weight excluding hydrogens is 605 g/mol. The molecule has 0 fully saturated rings. The number of nitrogens with zero attached hydrogens (tertiary/aromatic N) is 2. The van der Waals surface area contributed by atoms with Crippen LogP contribution >= 0.6 is 0 Å². The maximum atomic E-state index is 15.7. The molecule has 0 radical (unpaired) electrons. The van der Waals surface area contributed by atoms with E-state index in [1.807, 2.05) is 19.9 Å². The van der Waals surface area contributed by atoms with Gasteiger partial charge in [0.25, 0.3) is 0 Å². The molecule has 0 unspecified atom stereocenters. The Balaban J connectivity index is 1.45. The number of esters is 1. The second kappa shape index (κ2) is 14.0. The number of carbonyl (C=O) groups excluding carboxylic acids is 2. The molecule has 0 atom stereocenters. The zero-order chi connectivity index (χ0) is 32.8. The van der Waals surface area contributed by atoms with Gasteiger partial charge in [-0.25, -0.2) is 27.7 Å². The monoisotopic (exact) mass is 639 g/mol. The Morgan fingerprint density at radius 2 is 1.59 bits per heavy atom. The van der Waals surface area contributed by atoms with Crippen LogP contribution in [0.15, 0.2) is 102 Å². The van der Waals surface area contributed by atoms with Crippen molar-refractivity contribution in [3.05, 3.63) is 142 Å². The van der Waals surface area contributed by atoms with Crippen molar-refractivity contribution in [2.75, 3.05) is 0 Å². The number of hydrogen-bond donors (Lipinski definition) is 1. The van der Waals surface area contributed by atoms with E-state index in [4.69, 9.17) is 14.9 Å². The minimum atomic E-state index is -4.03. The maximum absolute atomic E-state index is 15.7. The van der Waals surface area contributed by atoms with E-state index in [0.717, 1.165) is 6.42 Å². The molecule has 0 aliphatic carbocycles. The van der Waals surface area contributed by atoms with Crippen molar-refractivity contribution in [1.29, 1.82) is 0 Å². The number of rotatable bonds is 12. The Kier molecular flexibility index (Phi) is 9.89. The van der Waals surface area contributed by atoms with Crippen molar-refractivity contribution in [3.8, 4) is 11.1 Å². The van der Waals surface area contributed by atoms with Crippen molar-refractivity contribution >= 4 is 21.8 Å². The van der Waals surface area contributed by atoms with Crippen molar-refractivity contribution in [3.63, 3.8) is 0 Å². The van der Waals surface area contributed by atoms with Crippen molar-refractivity contribution in [2.24, 2.45) is 5.14 Å². The standard InChI is InChI=1S/C36H34FN3O5S/c1-3-12-33-39-31(4-2)34(36(42)45-23-27-15-8-9-17-29(27)35(41)24-13-6-5-7-14-24)40(33)22-26-20-19-25(21-30(26)37)28-16-10-11-18-32(28)46(38,43)44/h5-11,13-21H,3-4,12,22-23H2,1-2H3,(H2,38,43,44). The summed E-state index contributed by atoms with van der Waals surface area (Å²) in [5, 5.41) is 5.39. The van der Waals surface area contributed by atoms with E-state index in [2.05, 4.69) is 0 Å². The highest BCUT2D eigenvalue weighted by molar-refractivity contribution is 7.89. The van der Waals surface area contributed by atoms with Gasteiger partial charge in [0, 0.05) is 34.2 Å². The molecule has 10 heteroatoms. The van der Waals surface area contributed by atoms with Crippen molar-refractivity contribution < 1.29 is 27.1 Å². The predicted molar refractivity (Wildman–Crippen MR) is 173 cm³/mol. The van der Waals surface area contributed by atoms with Gasteiger partial charge in [-0.05, 0) is 30.5 Å². The highest BCUT2D eigenvalue weighted by Crippen LogP contribution is 2.29. The van der Waals surface area contributed by atoms with Crippen LogP contribution in [0.25, 0.3) is 11.1 Å². The van der Waals surface area contributed by atoms with E-state index in [0.29, 0.717) is 46.6 Å². The molecule has 1 aromatic heterocycles. The fourth-order valence-electron chi connectivity index (χ4n) is 5.40. The van der Waals surface area contributed by atoms with Crippen LogP contribution in [0.3, 0.4) is 0 Å². The lowest BCUT2D eigenvalue weighted by Gasteiger charge is -2.15. The summed E-state index contributed by atoms with van der Waals surface area (Å²) in [7, 11) is -4.03. The minimum absolute atomic E-state index is 0.00120. The van der Waals surface area contributed by atoms with Crippen molar-refractivity contribution in [1.82, 2.24) is 9.55 Å². The smallest absolute Gasteiger partial charge is 0.357 e. The lowest BCUT2D eigenvalue weighted by Crippen LogP contribution is -2.18. The number of ether oxygens (including phenoxy) is 1. The highest BCUT2D eigenvalue weighted by atomic mass is 32.2. The van der Waals surface area contributed by atoms with Gasteiger partial charge in [0.2, 0.25) is 10.0 Å². The number of imidazole rings is 1. The Labute approximate surface area is 267 Å². The molecule has 0 amide bonds.